The Hall–Kier alpha value is -1.95. The van der Waals surface area contributed by atoms with Gasteiger partial charge in [-0.15, -0.1) is 0 Å². The molecule has 3 rings (SSSR count). The van der Waals surface area contributed by atoms with Gasteiger partial charge in [-0.3, -0.25) is 0 Å². The minimum absolute atomic E-state index is 0.0113. The third-order valence-electron chi connectivity index (χ3n) is 5.34. The van der Waals surface area contributed by atoms with Crippen LogP contribution in [0.1, 0.15) is 62.7 Å². The first-order chi connectivity index (χ1) is 13.1. The summed E-state index contributed by atoms with van der Waals surface area (Å²) in [7, 11) is 0. The van der Waals surface area contributed by atoms with Gasteiger partial charge in [0.1, 0.15) is 18.2 Å². The fraction of sp³-hybridized carbons (Fsp3) is 0.571. The van der Waals surface area contributed by atoms with E-state index in [0.29, 0.717) is 11.8 Å². The molecule has 1 fully saturated rings. The monoisotopic (exact) mass is 378 g/mol. The Morgan fingerprint density at radius 2 is 2.00 bits per heavy atom. The zero-order chi connectivity index (χ0) is 19.2. The molecule has 0 saturated heterocycles. The summed E-state index contributed by atoms with van der Waals surface area (Å²) in [4.78, 5) is 0. The minimum Gasteiger partial charge on any atom is -0.473 e. The third-order valence-corrected chi connectivity index (χ3v) is 5.34. The van der Waals surface area contributed by atoms with Gasteiger partial charge in [-0.25, -0.2) is 13.5 Å². The number of benzene rings is 1. The third kappa shape index (κ3) is 4.86. The standard InChI is InChI=1S/C21H28F2N2O2/c1-2-6-18-12-21(27-14-16-11-17(22)9-10-19(16)23)25(24-18)20(13-26)15-7-4-3-5-8-15/h9-12,15,20,26H,2-8,13-14H2,1H3. The SMILES string of the molecule is CCCc1cc(OCc2cc(F)ccc2F)n(C(CO)C2CCCCC2)n1. The van der Waals surface area contributed by atoms with E-state index in [4.69, 9.17) is 4.74 Å². The van der Waals surface area contributed by atoms with E-state index in [9.17, 15) is 13.9 Å². The average molecular weight is 378 g/mol. The molecule has 27 heavy (non-hydrogen) atoms. The second kappa shape index (κ2) is 9.31. The molecule has 1 N–H and O–H groups in total. The van der Waals surface area contributed by atoms with E-state index in [-0.39, 0.29) is 24.8 Å². The lowest BCUT2D eigenvalue weighted by atomic mass is 9.84. The number of aryl methyl sites for hydroxylation is 1. The molecule has 1 aliphatic rings. The number of rotatable bonds is 8. The number of aliphatic hydroxyl groups excluding tert-OH is 1. The fourth-order valence-corrected chi connectivity index (χ4v) is 3.90. The van der Waals surface area contributed by atoms with Gasteiger partial charge in [-0.05, 0) is 43.4 Å². The Bertz CT molecular complexity index is 742. The van der Waals surface area contributed by atoms with Gasteiger partial charge in [0.05, 0.1) is 18.3 Å². The average Bonchev–Trinajstić information content (AvgIpc) is 3.07. The molecule has 0 aliphatic heterocycles. The van der Waals surface area contributed by atoms with Crippen LogP contribution in [-0.2, 0) is 13.0 Å². The van der Waals surface area contributed by atoms with Gasteiger partial charge in [0, 0.05) is 11.6 Å². The van der Waals surface area contributed by atoms with Gasteiger partial charge in [-0.1, -0.05) is 32.6 Å². The molecule has 1 heterocycles. The number of hydrogen-bond acceptors (Lipinski definition) is 3. The van der Waals surface area contributed by atoms with Crippen LogP contribution in [0.3, 0.4) is 0 Å². The molecule has 1 aromatic heterocycles. The zero-order valence-electron chi connectivity index (χ0n) is 15.8. The van der Waals surface area contributed by atoms with Crippen LogP contribution in [0.4, 0.5) is 8.78 Å². The number of aromatic nitrogens is 2. The highest BCUT2D eigenvalue weighted by molar-refractivity contribution is 5.21. The molecule has 1 aromatic carbocycles. The van der Waals surface area contributed by atoms with E-state index >= 15 is 0 Å². The molecule has 2 aromatic rings. The lowest BCUT2D eigenvalue weighted by Gasteiger charge is -2.30. The number of hydrogen-bond donors (Lipinski definition) is 1. The van der Waals surface area contributed by atoms with Gasteiger partial charge in [0.15, 0.2) is 0 Å². The number of aliphatic hydroxyl groups is 1. The molecule has 1 atom stereocenters. The predicted octanol–water partition coefficient (Wildman–Crippen LogP) is 4.81. The van der Waals surface area contributed by atoms with Crippen molar-refractivity contribution in [2.45, 2.75) is 64.5 Å². The first-order valence-corrected chi connectivity index (χ1v) is 9.88. The molecule has 0 amide bonds. The van der Waals surface area contributed by atoms with Crippen molar-refractivity contribution in [2.75, 3.05) is 6.61 Å². The van der Waals surface area contributed by atoms with Crippen LogP contribution in [0.25, 0.3) is 0 Å². The molecule has 1 aliphatic carbocycles. The topological polar surface area (TPSA) is 47.3 Å². The summed E-state index contributed by atoms with van der Waals surface area (Å²) >= 11 is 0. The highest BCUT2D eigenvalue weighted by Crippen LogP contribution is 2.35. The lowest BCUT2D eigenvalue weighted by Crippen LogP contribution is -2.26. The second-order valence-corrected chi connectivity index (χ2v) is 7.34. The molecule has 6 heteroatoms. The maximum atomic E-state index is 13.9. The van der Waals surface area contributed by atoms with Crippen molar-refractivity contribution in [3.63, 3.8) is 0 Å². The maximum absolute atomic E-state index is 13.9. The molecule has 0 radical (unpaired) electrons. The summed E-state index contributed by atoms with van der Waals surface area (Å²) in [6.45, 7) is 1.98. The Labute approximate surface area is 159 Å². The Morgan fingerprint density at radius 3 is 2.70 bits per heavy atom. The molecular weight excluding hydrogens is 350 g/mol. The maximum Gasteiger partial charge on any atom is 0.212 e. The number of halogens is 2. The van der Waals surface area contributed by atoms with Crippen molar-refractivity contribution < 1.29 is 18.6 Å². The van der Waals surface area contributed by atoms with Gasteiger partial charge >= 0.3 is 0 Å². The van der Waals surface area contributed by atoms with E-state index in [1.807, 2.05) is 6.07 Å². The van der Waals surface area contributed by atoms with E-state index in [1.54, 1.807) is 4.68 Å². The van der Waals surface area contributed by atoms with Crippen molar-refractivity contribution >= 4 is 0 Å². The highest BCUT2D eigenvalue weighted by atomic mass is 19.1. The smallest absolute Gasteiger partial charge is 0.212 e. The van der Waals surface area contributed by atoms with Gasteiger partial charge in [0.2, 0.25) is 5.88 Å². The van der Waals surface area contributed by atoms with Crippen LogP contribution in [0.2, 0.25) is 0 Å². The first-order valence-electron chi connectivity index (χ1n) is 9.88. The quantitative estimate of drug-likeness (QED) is 0.717. The summed E-state index contributed by atoms with van der Waals surface area (Å²) in [6, 6.07) is 5.04. The molecule has 1 saturated carbocycles. The summed E-state index contributed by atoms with van der Waals surface area (Å²) in [5.41, 5.74) is 1.06. The number of ether oxygens (including phenoxy) is 1. The van der Waals surface area contributed by atoms with Gasteiger partial charge < -0.3 is 9.84 Å². The van der Waals surface area contributed by atoms with Crippen molar-refractivity contribution in [1.82, 2.24) is 9.78 Å². The molecule has 1 unspecified atom stereocenters. The number of nitrogens with zero attached hydrogens (tertiary/aromatic N) is 2. The van der Waals surface area contributed by atoms with Gasteiger partial charge in [-0.2, -0.15) is 5.10 Å². The Kier molecular flexibility index (Phi) is 6.83. The van der Waals surface area contributed by atoms with Crippen molar-refractivity contribution in [2.24, 2.45) is 5.92 Å². The minimum atomic E-state index is -0.498. The highest BCUT2D eigenvalue weighted by Gasteiger charge is 2.28. The molecule has 148 valence electrons. The lowest BCUT2D eigenvalue weighted by molar-refractivity contribution is 0.128. The molecule has 4 nitrogen and oxygen atoms in total. The van der Waals surface area contributed by atoms with Crippen LogP contribution >= 0.6 is 0 Å². The van der Waals surface area contributed by atoms with E-state index < -0.39 is 11.6 Å². The van der Waals surface area contributed by atoms with Crippen LogP contribution in [-0.4, -0.2) is 21.5 Å². The van der Waals surface area contributed by atoms with E-state index in [1.165, 1.54) is 6.42 Å². The van der Waals surface area contributed by atoms with Crippen molar-refractivity contribution in [1.29, 1.82) is 0 Å². The summed E-state index contributed by atoms with van der Waals surface area (Å²) in [5.74, 6) is -0.133. The molecular formula is C21H28F2N2O2. The zero-order valence-corrected chi connectivity index (χ0v) is 15.8. The molecule has 0 bridgehead atoms. The Balaban J connectivity index is 1.83. The molecule has 0 spiro atoms. The normalized spacial score (nSPS) is 16.4. The van der Waals surface area contributed by atoms with Crippen LogP contribution in [0.15, 0.2) is 24.3 Å². The fourth-order valence-electron chi connectivity index (χ4n) is 3.90. The first kappa shape index (κ1) is 19.8. The summed E-state index contributed by atoms with van der Waals surface area (Å²) < 4.78 is 34.9. The van der Waals surface area contributed by atoms with Crippen LogP contribution in [0, 0.1) is 17.6 Å². The van der Waals surface area contributed by atoms with E-state index in [2.05, 4.69) is 12.0 Å². The van der Waals surface area contributed by atoms with Crippen molar-refractivity contribution in [3.8, 4) is 5.88 Å². The second-order valence-electron chi connectivity index (χ2n) is 7.34. The van der Waals surface area contributed by atoms with Crippen LogP contribution < -0.4 is 4.74 Å². The largest absolute Gasteiger partial charge is 0.473 e. The predicted molar refractivity (Wildman–Crippen MR) is 99.6 cm³/mol. The summed E-state index contributed by atoms with van der Waals surface area (Å²) in [6.07, 6.45) is 7.43. The van der Waals surface area contributed by atoms with Crippen LogP contribution in [0.5, 0.6) is 5.88 Å². The summed E-state index contributed by atoms with van der Waals surface area (Å²) in [5, 5.41) is 14.7. The van der Waals surface area contributed by atoms with E-state index in [0.717, 1.165) is 62.4 Å². The Morgan fingerprint density at radius 1 is 1.22 bits per heavy atom. The van der Waals surface area contributed by atoms with Gasteiger partial charge in [0.25, 0.3) is 0 Å². The van der Waals surface area contributed by atoms with Crippen molar-refractivity contribution in [3.05, 3.63) is 47.2 Å².